The van der Waals surface area contributed by atoms with Crippen molar-refractivity contribution in [2.24, 2.45) is 0 Å². The van der Waals surface area contributed by atoms with Crippen molar-refractivity contribution in [1.29, 1.82) is 0 Å². The zero-order chi connectivity index (χ0) is 13.8. The highest BCUT2D eigenvalue weighted by molar-refractivity contribution is 7.91. The molecule has 9 heteroatoms. The molecule has 0 saturated carbocycles. The number of fused-ring (bicyclic) bond motifs is 1. The number of aromatic nitrogens is 2. The highest BCUT2D eigenvalue weighted by Crippen LogP contribution is 2.33. The Morgan fingerprint density at radius 1 is 1.42 bits per heavy atom. The lowest BCUT2D eigenvalue weighted by molar-refractivity contribution is 0.600. The van der Waals surface area contributed by atoms with Crippen LogP contribution in [0.2, 0.25) is 0 Å². The van der Waals surface area contributed by atoms with Gasteiger partial charge in [-0.05, 0) is 12.2 Å². The molecule has 1 aromatic heterocycles. The summed E-state index contributed by atoms with van der Waals surface area (Å²) in [6.07, 6.45) is 0. The number of nitrogens with zero attached hydrogens (tertiary/aromatic N) is 3. The molecule has 0 aromatic carbocycles. The summed E-state index contributed by atoms with van der Waals surface area (Å²) in [6.45, 7) is 4.10. The van der Waals surface area contributed by atoms with Crippen LogP contribution in [-0.4, -0.2) is 47.3 Å². The molecule has 2 aliphatic heterocycles. The lowest BCUT2D eigenvalue weighted by Gasteiger charge is -2.18. The van der Waals surface area contributed by atoms with Crippen LogP contribution < -0.4 is 10.2 Å². The summed E-state index contributed by atoms with van der Waals surface area (Å²) in [5.74, 6) is 0.574. The largest absolute Gasteiger partial charge is 0.356 e. The van der Waals surface area contributed by atoms with Crippen molar-refractivity contribution in [2.45, 2.75) is 31.8 Å². The minimum absolute atomic E-state index is 0.121. The van der Waals surface area contributed by atoms with E-state index >= 15 is 0 Å². The van der Waals surface area contributed by atoms with E-state index in [1.54, 1.807) is 0 Å². The standard InChI is InChI=1S/C10H14N4O2S3/c1-5(2)8-12-13-10(18-8)14-7-4-19(15,16)3-6(7)11-9(14)17/h5-7H,3-4H2,1-2H3,(H,11,17)/t6-,7+/m1/s1. The first-order valence-electron chi connectivity index (χ1n) is 6.01. The Balaban J connectivity index is 1.92. The van der Waals surface area contributed by atoms with Gasteiger partial charge in [-0.1, -0.05) is 25.2 Å². The predicted molar refractivity (Wildman–Crippen MR) is 78.4 cm³/mol. The maximum Gasteiger partial charge on any atom is 0.214 e. The molecule has 0 spiro atoms. The number of hydrogen-bond donors (Lipinski definition) is 1. The quantitative estimate of drug-likeness (QED) is 0.797. The van der Waals surface area contributed by atoms with Gasteiger partial charge in [0.05, 0.1) is 23.6 Å². The maximum atomic E-state index is 11.7. The van der Waals surface area contributed by atoms with Gasteiger partial charge in [-0.15, -0.1) is 10.2 Å². The summed E-state index contributed by atoms with van der Waals surface area (Å²) in [5.41, 5.74) is 0. The van der Waals surface area contributed by atoms with E-state index in [0.717, 1.165) is 5.01 Å². The van der Waals surface area contributed by atoms with Gasteiger partial charge in [-0.25, -0.2) is 8.42 Å². The molecule has 6 nitrogen and oxygen atoms in total. The monoisotopic (exact) mass is 318 g/mol. The van der Waals surface area contributed by atoms with Gasteiger partial charge in [0.15, 0.2) is 14.9 Å². The summed E-state index contributed by atoms with van der Waals surface area (Å²) in [6, 6.07) is -0.269. The summed E-state index contributed by atoms with van der Waals surface area (Å²) in [7, 11) is -2.99. The first-order valence-corrected chi connectivity index (χ1v) is 9.05. The Bertz CT molecular complexity index is 624. The normalized spacial score (nSPS) is 28.8. The fourth-order valence-electron chi connectivity index (χ4n) is 2.39. The fraction of sp³-hybridized carbons (Fsp3) is 0.700. The highest BCUT2D eigenvalue weighted by Gasteiger charge is 2.48. The lowest BCUT2D eigenvalue weighted by Crippen LogP contribution is -2.36. The average Bonchev–Trinajstić information content (AvgIpc) is 2.90. The third kappa shape index (κ3) is 2.23. The molecule has 2 aliphatic rings. The van der Waals surface area contributed by atoms with Gasteiger partial charge in [-0.2, -0.15) is 0 Å². The molecule has 0 aliphatic carbocycles. The first-order chi connectivity index (χ1) is 8.87. The maximum absolute atomic E-state index is 11.7. The molecule has 3 heterocycles. The second-order valence-electron chi connectivity index (χ2n) is 5.15. The summed E-state index contributed by atoms with van der Waals surface area (Å²) in [4.78, 5) is 1.81. The summed E-state index contributed by atoms with van der Waals surface area (Å²) < 4.78 is 23.4. The Morgan fingerprint density at radius 3 is 2.79 bits per heavy atom. The highest BCUT2D eigenvalue weighted by atomic mass is 32.2. The van der Waals surface area contributed by atoms with Gasteiger partial charge in [0.1, 0.15) is 5.01 Å². The van der Waals surface area contributed by atoms with Crippen LogP contribution in [0.3, 0.4) is 0 Å². The zero-order valence-corrected chi connectivity index (χ0v) is 13.0. The van der Waals surface area contributed by atoms with Crippen LogP contribution in [0.25, 0.3) is 0 Å². The van der Waals surface area contributed by atoms with E-state index in [4.69, 9.17) is 12.2 Å². The van der Waals surface area contributed by atoms with Gasteiger partial charge in [0.2, 0.25) is 5.13 Å². The number of hydrogen-bond acceptors (Lipinski definition) is 6. The average molecular weight is 318 g/mol. The van der Waals surface area contributed by atoms with Crippen LogP contribution in [0.5, 0.6) is 0 Å². The van der Waals surface area contributed by atoms with Crippen molar-refractivity contribution in [3.8, 4) is 0 Å². The van der Waals surface area contributed by atoms with Gasteiger partial charge >= 0.3 is 0 Å². The smallest absolute Gasteiger partial charge is 0.214 e. The molecule has 2 atom stereocenters. The molecule has 0 bridgehead atoms. The Labute approximate surface area is 121 Å². The molecule has 0 amide bonds. The second kappa shape index (κ2) is 4.35. The van der Waals surface area contributed by atoms with Crippen LogP contribution in [0.4, 0.5) is 5.13 Å². The van der Waals surface area contributed by atoms with Crippen LogP contribution >= 0.6 is 23.6 Å². The van der Waals surface area contributed by atoms with Gasteiger partial charge in [0, 0.05) is 5.92 Å². The van der Waals surface area contributed by atoms with Crippen molar-refractivity contribution in [2.75, 3.05) is 16.4 Å². The number of anilines is 1. The minimum atomic E-state index is -2.99. The van der Waals surface area contributed by atoms with E-state index in [0.29, 0.717) is 16.2 Å². The molecule has 3 rings (SSSR count). The summed E-state index contributed by atoms with van der Waals surface area (Å²) in [5, 5.41) is 13.5. The zero-order valence-electron chi connectivity index (χ0n) is 10.5. The third-order valence-electron chi connectivity index (χ3n) is 3.31. The number of sulfone groups is 1. The first kappa shape index (κ1) is 13.2. The van der Waals surface area contributed by atoms with E-state index in [1.807, 2.05) is 18.7 Å². The Morgan fingerprint density at radius 2 is 2.16 bits per heavy atom. The fourth-order valence-corrected chi connectivity index (χ4v) is 5.62. The van der Waals surface area contributed by atoms with E-state index < -0.39 is 9.84 Å². The summed E-state index contributed by atoms with van der Waals surface area (Å²) >= 11 is 6.76. The molecular formula is C10H14N4O2S3. The minimum Gasteiger partial charge on any atom is -0.356 e. The molecule has 0 radical (unpaired) electrons. The van der Waals surface area contributed by atoms with Crippen molar-refractivity contribution in [3.05, 3.63) is 5.01 Å². The molecule has 104 valence electrons. The van der Waals surface area contributed by atoms with Crippen LogP contribution in [0.15, 0.2) is 0 Å². The van der Waals surface area contributed by atoms with E-state index in [1.165, 1.54) is 11.3 Å². The lowest BCUT2D eigenvalue weighted by atomic mass is 10.2. The van der Waals surface area contributed by atoms with Crippen molar-refractivity contribution in [3.63, 3.8) is 0 Å². The molecule has 19 heavy (non-hydrogen) atoms. The SMILES string of the molecule is CC(C)c1nnc(N2C(=S)N[C@@H]3CS(=O)(=O)C[C@@H]32)s1. The second-order valence-corrected chi connectivity index (χ2v) is 8.68. The molecule has 2 saturated heterocycles. The van der Waals surface area contributed by atoms with Crippen LogP contribution in [0.1, 0.15) is 24.8 Å². The van der Waals surface area contributed by atoms with E-state index in [9.17, 15) is 8.42 Å². The molecule has 2 fully saturated rings. The Kier molecular flexibility index (Phi) is 3.02. The molecule has 1 aromatic rings. The van der Waals surface area contributed by atoms with E-state index in [2.05, 4.69) is 15.5 Å². The predicted octanol–water partition coefficient (Wildman–Crippen LogP) is 0.522. The van der Waals surface area contributed by atoms with Gasteiger partial charge in [0.25, 0.3) is 0 Å². The molecule has 1 N–H and O–H groups in total. The molecular weight excluding hydrogens is 304 g/mol. The van der Waals surface area contributed by atoms with Crippen molar-refractivity contribution in [1.82, 2.24) is 15.5 Å². The number of thiocarbonyl (C=S) groups is 1. The number of rotatable bonds is 2. The third-order valence-corrected chi connectivity index (χ3v) is 6.57. The van der Waals surface area contributed by atoms with Gasteiger partial charge in [-0.3, -0.25) is 4.90 Å². The van der Waals surface area contributed by atoms with Crippen molar-refractivity contribution >= 4 is 43.6 Å². The van der Waals surface area contributed by atoms with Crippen LogP contribution in [-0.2, 0) is 9.84 Å². The van der Waals surface area contributed by atoms with Crippen molar-refractivity contribution < 1.29 is 8.42 Å². The topological polar surface area (TPSA) is 75.2 Å². The molecule has 0 unspecified atom stereocenters. The van der Waals surface area contributed by atoms with Crippen LogP contribution in [0, 0.1) is 0 Å². The van der Waals surface area contributed by atoms with Gasteiger partial charge < -0.3 is 5.32 Å². The number of nitrogens with one attached hydrogen (secondary N) is 1. The van der Waals surface area contributed by atoms with E-state index in [-0.39, 0.29) is 23.6 Å². The Hall–Kier alpha value is -0.800.